The molecule has 31 heavy (non-hydrogen) atoms. The predicted octanol–water partition coefficient (Wildman–Crippen LogP) is 4.91. The molecule has 4 rings (SSSR count). The number of nitrogens with zero attached hydrogens (tertiary/aromatic N) is 2. The van der Waals surface area contributed by atoms with Crippen molar-refractivity contribution in [3.8, 4) is 0 Å². The van der Waals surface area contributed by atoms with E-state index in [0.29, 0.717) is 10.7 Å². The van der Waals surface area contributed by atoms with Gasteiger partial charge in [0.05, 0.1) is 18.7 Å². The van der Waals surface area contributed by atoms with Gasteiger partial charge >= 0.3 is 6.03 Å². The van der Waals surface area contributed by atoms with Gasteiger partial charge in [-0.1, -0.05) is 17.7 Å². The third kappa shape index (κ3) is 4.60. The summed E-state index contributed by atoms with van der Waals surface area (Å²) in [4.78, 5) is 42.1. The van der Waals surface area contributed by atoms with E-state index in [1.165, 1.54) is 40.5 Å². The Labute approximate surface area is 186 Å². The number of hydrogen-bond donors (Lipinski definition) is 1. The van der Waals surface area contributed by atoms with Crippen molar-refractivity contribution in [1.29, 1.82) is 0 Å². The Kier molecular flexibility index (Phi) is 6.01. The molecule has 0 radical (unpaired) electrons. The van der Waals surface area contributed by atoms with Gasteiger partial charge in [0.25, 0.3) is 5.91 Å². The number of benzene rings is 2. The zero-order valence-electron chi connectivity index (χ0n) is 16.1. The Hall–Kier alpha value is -3.23. The van der Waals surface area contributed by atoms with E-state index in [1.54, 1.807) is 24.3 Å². The quantitative estimate of drug-likeness (QED) is 0.535. The maximum absolute atomic E-state index is 13.3. The number of hydrogen-bond acceptors (Lipinski definition) is 4. The summed E-state index contributed by atoms with van der Waals surface area (Å²) in [6.45, 7) is 0.193. The lowest BCUT2D eigenvalue weighted by Crippen LogP contribution is -2.37. The number of amides is 4. The zero-order chi connectivity index (χ0) is 22.0. The van der Waals surface area contributed by atoms with Gasteiger partial charge in [-0.15, -0.1) is 11.3 Å². The van der Waals surface area contributed by atoms with Crippen molar-refractivity contribution in [3.05, 3.63) is 81.8 Å². The van der Waals surface area contributed by atoms with Crippen LogP contribution in [0.25, 0.3) is 0 Å². The first kappa shape index (κ1) is 21.0. The first-order valence-corrected chi connectivity index (χ1v) is 10.7. The summed E-state index contributed by atoms with van der Waals surface area (Å²) in [7, 11) is 0. The number of carbonyl (C=O) groups excluding carboxylic acids is 3. The van der Waals surface area contributed by atoms with Gasteiger partial charge in [0.2, 0.25) is 5.91 Å². The average Bonchev–Trinajstić information content (AvgIpc) is 3.33. The summed E-state index contributed by atoms with van der Waals surface area (Å²) in [6, 6.07) is 13.8. The molecule has 1 aromatic heterocycles. The van der Waals surface area contributed by atoms with Crippen LogP contribution in [0.15, 0.2) is 66.0 Å². The molecule has 1 saturated heterocycles. The molecule has 1 atom stereocenters. The molecule has 0 spiro atoms. The molecule has 3 aromatic rings. The Morgan fingerprint density at radius 3 is 2.42 bits per heavy atom. The molecule has 1 aliphatic rings. The first-order chi connectivity index (χ1) is 14.9. The van der Waals surface area contributed by atoms with E-state index in [2.05, 4.69) is 5.32 Å². The van der Waals surface area contributed by atoms with Crippen LogP contribution in [0.3, 0.4) is 0 Å². The van der Waals surface area contributed by atoms with Crippen molar-refractivity contribution in [3.63, 3.8) is 0 Å². The van der Waals surface area contributed by atoms with Crippen LogP contribution in [-0.2, 0) is 16.1 Å². The van der Waals surface area contributed by atoms with Gasteiger partial charge in [-0.3, -0.25) is 9.59 Å². The third-order valence-corrected chi connectivity index (χ3v) is 5.93. The predicted molar refractivity (Wildman–Crippen MR) is 118 cm³/mol. The third-order valence-electron chi connectivity index (χ3n) is 4.82. The van der Waals surface area contributed by atoms with E-state index in [4.69, 9.17) is 11.6 Å². The van der Waals surface area contributed by atoms with Crippen molar-refractivity contribution in [2.75, 3.05) is 10.2 Å². The monoisotopic (exact) mass is 457 g/mol. The summed E-state index contributed by atoms with van der Waals surface area (Å²) < 4.78 is 13.3. The molecule has 0 aliphatic carbocycles. The van der Waals surface area contributed by atoms with Gasteiger partial charge in [0.1, 0.15) is 11.9 Å². The standard InChI is InChI=1S/C22H17ClFN3O3S/c23-14-3-7-16(8-4-14)25-20(28)12-19-21(29)27(17-9-5-15(24)6-10-17)22(30)26(19)13-18-2-1-11-31-18/h1-11,19H,12-13H2,(H,25,28)/t19-/m1/s1. The van der Waals surface area contributed by atoms with E-state index in [1.807, 2.05) is 17.5 Å². The summed E-state index contributed by atoms with van der Waals surface area (Å²) >= 11 is 7.31. The summed E-state index contributed by atoms with van der Waals surface area (Å²) in [6.07, 6.45) is -0.212. The van der Waals surface area contributed by atoms with E-state index in [9.17, 15) is 18.8 Å². The number of rotatable bonds is 6. The van der Waals surface area contributed by atoms with Crippen molar-refractivity contribution >= 4 is 52.2 Å². The SMILES string of the molecule is O=C(C[C@@H]1C(=O)N(c2ccc(F)cc2)C(=O)N1Cc1cccs1)Nc1ccc(Cl)cc1. The average molecular weight is 458 g/mol. The van der Waals surface area contributed by atoms with Crippen molar-refractivity contribution in [2.24, 2.45) is 0 Å². The highest BCUT2D eigenvalue weighted by Crippen LogP contribution is 2.29. The number of thiophene rings is 1. The van der Waals surface area contributed by atoms with E-state index >= 15 is 0 Å². The molecule has 0 unspecified atom stereocenters. The topological polar surface area (TPSA) is 69.7 Å². The van der Waals surface area contributed by atoms with Crippen LogP contribution in [0, 0.1) is 5.82 Å². The minimum atomic E-state index is -0.980. The van der Waals surface area contributed by atoms with Crippen molar-refractivity contribution in [2.45, 2.75) is 19.0 Å². The first-order valence-electron chi connectivity index (χ1n) is 9.40. The van der Waals surface area contributed by atoms with E-state index in [0.717, 1.165) is 9.78 Å². The summed E-state index contributed by atoms with van der Waals surface area (Å²) in [5, 5.41) is 5.13. The molecule has 0 bridgehead atoms. The highest BCUT2D eigenvalue weighted by atomic mass is 35.5. The Morgan fingerprint density at radius 2 is 1.77 bits per heavy atom. The van der Waals surface area contributed by atoms with Crippen LogP contribution in [0.1, 0.15) is 11.3 Å². The minimum Gasteiger partial charge on any atom is -0.326 e. The van der Waals surface area contributed by atoms with Crippen LogP contribution in [0.5, 0.6) is 0 Å². The van der Waals surface area contributed by atoms with E-state index in [-0.39, 0.29) is 18.7 Å². The Bertz CT molecular complexity index is 1100. The molecule has 1 N–H and O–H groups in total. The fraction of sp³-hybridized carbons (Fsp3) is 0.136. The Morgan fingerprint density at radius 1 is 1.06 bits per heavy atom. The van der Waals surface area contributed by atoms with Gasteiger partial charge in [0, 0.05) is 15.6 Å². The largest absolute Gasteiger partial charge is 0.332 e. The number of anilines is 2. The van der Waals surface area contributed by atoms with Crippen LogP contribution >= 0.6 is 22.9 Å². The second-order valence-electron chi connectivity index (χ2n) is 6.91. The van der Waals surface area contributed by atoms with Gasteiger partial charge in [-0.05, 0) is 60.0 Å². The number of carbonyl (C=O) groups is 3. The molecule has 2 aromatic carbocycles. The molecule has 158 valence electrons. The fourth-order valence-corrected chi connectivity index (χ4v) is 4.16. The highest BCUT2D eigenvalue weighted by Gasteiger charge is 2.46. The van der Waals surface area contributed by atoms with Gasteiger partial charge in [-0.2, -0.15) is 0 Å². The molecule has 9 heteroatoms. The lowest BCUT2D eigenvalue weighted by Gasteiger charge is -2.21. The lowest BCUT2D eigenvalue weighted by molar-refractivity contribution is -0.124. The molecular formula is C22H17ClFN3O3S. The number of urea groups is 1. The molecule has 0 saturated carbocycles. The molecule has 4 amide bonds. The smallest absolute Gasteiger partial charge is 0.326 e. The molecular weight excluding hydrogens is 441 g/mol. The number of nitrogens with one attached hydrogen (secondary N) is 1. The maximum Gasteiger partial charge on any atom is 0.332 e. The van der Waals surface area contributed by atoms with Crippen molar-refractivity contribution < 1.29 is 18.8 Å². The second kappa shape index (κ2) is 8.87. The fourth-order valence-electron chi connectivity index (χ4n) is 3.33. The molecule has 1 aliphatic heterocycles. The van der Waals surface area contributed by atoms with E-state index < -0.39 is 29.7 Å². The van der Waals surface area contributed by atoms with Gasteiger partial charge in [0.15, 0.2) is 0 Å². The zero-order valence-corrected chi connectivity index (χ0v) is 17.7. The molecule has 6 nitrogen and oxygen atoms in total. The van der Waals surface area contributed by atoms with Gasteiger partial charge in [-0.25, -0.2) is 14.1 Å². The maximum atomic E-state index is 13.3. The number of imide groups is 1. The number of halogens is 2. The Balaban J connectivity index is 1.58. The molecule has 2 heterocycles. The summed E-state index contributed by atoms with van der Waals surface area (Å²) in [5.41, 5.74) is 0.791. The highest BCUT2D eigenvalue weighted by molar-refractivity contribution is 7.09. The van der Waals surface area contributed by atoms with Crippen LogP contribution in [0.4, 0.5) is 20.6 Å². The van der Waals surface area contributed by atoms with Crippen LogP contribution in [0.2, 0.25) is 5.02 Å². The van der Waals surface area contributed by atoms with Crippen molar-refractivity contribution in [1.82, 2.24) is 4.90 Å². The lowest BCUT2D eigenvalue weighted by atomic mass is 10.1. The second-order valence-corrected chi connectivity index (χ2v) is 8.38. The molecule has 1 fully saturated rings. The van der Waals surface area contributed by atoms with Crippen LogP contribution in [-0.4, -0.2) is 28.8 Å². The van der Waals surface area contributed by atoms with Crippen LogP contribution < -0.4 is 10.2 Å². The normalized spacial score (nSPS) is 16.1. The minimum absolute atomic E-state index is 0.193. The van der Waals surface area contributed by atoms with Gasteiger partial charge < -0.3 is 10.2 Å². The summed E-state index contributed by atoms with van der Waals surface area (Å²) in [5.74, 6) is -1.41.